The van der Waals surface area contributed by atoms with Crippen LogP contribution in [0, 0.1) is 23.0 Å². The van der Waals surface area contributed by atoms with Crippen LogP contribution in [0.1, 0.15) is 44.1 Å². The summed E-state index contributed by atoms with van der Waals surface area (Å²) in [6.45, 7) is 2.27. The number of ketones is 1. The first-order chi connectivity index (χ1) is 24.1. The molecule has 12 heteroatoms. The molecule has 0 atom stereocenters. The lowest BCUT2D eigenvalue weighted by Crippen LogP contribution is -2.40. The molecule has 2 amide bonds. The second-order valence-corrected chi connectivity index (χ2v) is 13.0. The SMILES string of the molecule is COc1cc2nccc(Oc3ccc(CCCC(=O)C4(C(=O)Nc5ccc(F)cc5)CC4)cc3F)c2cc1OCC1CCN(CC(N)=O)CC1. The maximum atomic E-state index is 15.3. The normalized spacial score (nSPS) is 15.7. The van der Waals surface area contributed by atoms with E-state index in [1.54, 1.807) is 43.6 Å². The van der Waals surface area contributed by atoms with Crippen molar-refractivity contribution in [3.05, 3.63) is 84.1 Å². The Kier molecular flexibility index (Phi) is 10.6. The first-order valence-corrected chi connectivity index (χ1v) is 16.8. The molecule has 1 saturated carbocycles. The van der Waals surface area contributed by atoms with Gasteiger partial charge in [-0.3, -0.25) is 24.3 Å². The van der Waals surface area contributed by atoms with E-state index in [-0.39, 0.29) is 36.3 Å². The third-order valence-electron chi connectivity index (χ3n) is 9.45. The average Bonchev–Trinajstić information content (AvgIpc) is 3.92. The molecule has 4 aromatic rings. The summed E-state index contributed by atoms with van der Waals surface area (Å²) in [6.07, 6.45) is 5.36. The van der Waals surface area contributed by atoms with Gasteiger partial charge in [-0.15, -0.1) is 0 Å². The minimum Gasteiger partial charge on any atom is -0.493 e. The number of nitrogens with one attached hydrogen (secondary N) is 1. The number of Topliss-reactive ketones (excluding diaryl/α,β-unsaturated/α-hetero) is 1. The second-order valence-electron chi connectivity index (χ2n) is 13.0. The van der Waals surface area contributed by atoms with E-state index in [1.165, 1.54) is 30.3 Å². The molecule has 0 spiro atoms. The number of rotatable bonds is 15. The maximum Gasteiger partial charge on any atom is 0.238 e. The van der Waals surface area contributed by atoms with E-state index in [0.717, 1.165) is 25.9 Å². The zero-order valence-corrected chi connectivity index (χ0v) is 27.9. The summed E-state index contributed by atoms with van der Waals surface area (Å²) in [5.74, 6) is -0.0436. The summed E-state index contributed by atoms with van der Waals surface area (Å²) in [6, 6.07) is 15.3. The quantitative estimate of drug-likeness (QED) is 0.141. The monoisotopic (exact) mass is 686 g/mol. The topological polar surface area (TPSA) is 133 Å². The van der Waals surface area contributed by atoms with Gasteiger partial charge in [-0.25, -0.2) is 8.78 Å². The number of benzene rings is 3. The third-order valence-corrected chi connectivity index (χ3v) is 9.45. The van der Waals surface area contributed by atoms with Gasteiger partial charge in [0.15, 0.2) is 23.1 Å². The summed E-state index contributed by atoms with van der Waals surface area (Å²) >= 11 is 0. The number of ether oxygens (including phenoxy) is 3. The van der Waals surface area contributed by atoms with Crippen molar-refractivity contribution in [3.8, 4) is 23.0 Å². The molecule has 6 rings (SSSR count). The Hall–Kier alpha value is -5.10. The predicted molar refractivity (Wildman–Crippen MR) is 183 cm³/mol. The molecule has 3 N–H and O–H groups in total. The molecule has 1 aromatic heterocycles. The van der Waals surface area contributed by atoms with E-state index in [2.05, 4.69) is 10.3 Å². The Balaban J connectivity index is 1.05. The molecule has 10 nitrogen and oxygen atoms in total. The van der Waals surface area contributed by atoms with E-state index in [4.69, 9.17) is 19.9 Å². The molecule has 1 saturated heterocycles. The lowest BCUT2D eigenvalue weighted by Gasteiger charge is -2.31. The van der Waals surface area contributed by atoms with Gasteiger partial charge in [0.1, 0.15) is 22.8 Å². The Morgan fingerprint density at radius 1 is 0.960 bits per heavy atom. The maximum absolute atomic E-state index is 15.3. The van der Waals surface area contributed by atoms with Crippen molar-refractivity contribution in [2.45, 2.75) is 44.9 Å². The molecule has 0 radical (unpaired) electrons. The van der Waals surface area contributed by atoms with Crippen molar-refractivity contribution in [3.63, 3.8) is 0 Å². The second kappa shape index (κ2) is 15.2. The number of hydrogen-bond donors (Lipinski definition) is 2. The number of anilines is 1. The van der Waals surface area contributed by atoms with Gasteiger partial charge in [0.05, 0.1) is 25.8 Å². The van der Waals surface area contributed by atoms with E-state index < -0.39 is 17.0 Å². The van der Waals surface area contributed by atoms with Crippen LogP contribution < -0.4 is 25.3 Å². The Labute approximate surface area is 288 Å². The van der Waals surface area contributed by atoms with Crippen molar-refractivity contribution < 1.29 is 37.4 Å². The number of carbonyl (C=O) groups excluding carboxylic acids is 3. The molecule has 50 heavy (non-hydrogen) atoms. The molecule has 1 aliphatic heterocycles. The van der Waals surface area contributed by atoms with Gasteiger partial charge in [0, 0.05) is 29.8 Å². The highest BCUT2D eigenvalue weighted by molar-refractivity contribution is 6.13. The standard InChI is InChI=1S/C38H40F2N4O6/c1-48-33-21-30-28(20-34(33)49-23-25-12-17-44(18-13-25)22-36(41)46)31(11-16-42-30)50-32-10-5-24(19-29(32)40)3-2-4-35(45)38(14-15-38)37(47)43-27-8-6-26(39)7-9-27/h5-11,16,19-21,25H,2-4,12-15,17-18,22-23H2,1H3,(H2,41,46)(H,43,47). The lowest BCUT2D eigenvalue weighted by atomic mass is 9.94. The number of hydrogen-bond acceptors (Lipinski definition) is 8. The fourth-order valence-corrected chi connectivity index (χ4v) is 6.36. The predicted octanol–water partition coefficient (Wildman–Crippen LogP) is 6.20. The fourth-order valence-electron chi connectivity index (χ4n) is 6.36. The van der Waals surface area contributed by atoms with Gasteiger partial charge in [0.2, 0.25) is 11.8 Å². The van der Waals surface area contributed by atoms with Crippen LogP contribution in [0.4, 0.5) is 14.5 Å². The van der Waals surface area contributed by atoms with Crippen LogP contribution in [-0.2, 0) is 20.8 Å². The molecule has 0 bridgehead atoms. The van der Waals surface area contributed by atoms with Crippen LogP contribution in [-0.4, -0.2) is 60.8 Å². The molecular weight excluding hydrogens is 646 g/mol. The Morgan fingerprint density at radius 3 is 2.40 bits per heavy atom. The molecule has 2 heterocycles. The fraction of sp³-hybridized carbons (Fsp3) is 0.368. The lowest BCUT2D eigenvalue weighted by molar-refractivity contribution is -0.133. The van der Waals surface area contributed by atoms with Crippen LogP contribution in [0.15, 0.2) is 66.9 Å². The molecule has 3 aromatic carbocycles. The van der Waals surface area contributed by atoms with Crippen LogP contribution in [0.2, 0.25) is 0 Å². The zero-order chi connectivity index (χ0) is 35.3. The Bertz CT molecular complexity index is 1870. The number of aromatic nitrogens is 1. The van der Waals surface area contributed by atoms with Gasteiger partial charge in [-0.1, -0.05) is 6.07 Å². The number of fused-ring (bicyclic) bond motifs is 1. The summed E-state index contributed by atoms with van der Waals surface area (Å²) in [7, 11) is 1.56. The van der Waals surface area contributed by atoms with Crippen LogP contribution in [0.5, 0.6) is 23.0 Å². The number of pyridine rings is 1. The summed E-state index contributed by atoms with van der Waals surface area (Å²) < 4.78 is 46.4. The van der Waals surface area contributed by atoms with E-state index in [1.807, 2.05) is 4.90 Å². The van der Waals surface area contributed by atoms with Crippen molar-refractivity contribution in [1.82, 2.24) is 9.88 Å². The zero-order valence-electron chi connectivity index (χ0n) is 27.9. The van der Waals surface area contributed by atoms with E-state index in [0.29, 0.717) is 77.6 Å². The number of piperidine rings is 1. The number of methoxy groups -OCH3 is 1. The largest absolute Gasteiger partial charge is 0.493 e. The summed E-state index contributed by atoms with van der Waals surface area (Å²) in [5.41, 5.74) is 6.01. The highest BCUT2D eigenvalue weighted by atomic mass is 19.1. The number of primary amides is 1. The molecule has 2 fully saturated rings. The van der Waals surface area contributed by atoms with Gasteiger partial charge in [-0.2, -0.15) is 0 Å². The number of amides is 2. The van der Waals surface area contributed by atoms with Crippen LogP contribution in [0.25, 0.3) is 10.9 Å². The van der Waals surface area contributed by atoms with Crippen molar-refractivity contribution >= 4 is 34.2 Å². The number of nitrogens with two attached hydrogens (primary N) is 1. The molecule has 0 unspecified atom stereocenters. The molecule has 2 aliphatic rings. The minimum atomic E-state index is -1.05. The van der Waals surface area contributed by atoms with E-state index in [9.17, 15) is 18.8 Å². The first kappa shape index (κ1) is 34.8. The number of likely N-dealkylation sites (tertiary alicyclic amines) is 1. The molecule has 262 valence electrons. The Morgan fingerprint density at radius 2 is 1.72 bits per heavy atom. The van der Waals surface area contributed by atoms with E-state index >= 15 is 4.39 Å². The third kappa shape index (κ3) is 8.19. The van der Waals surface area contributed by atoms with Crippen molar-refractivity contribution in [2.75, 3.05) is 38.7 Å². The van der Waals surface area contributed by atoms with Crippen molar-refractivity contribution in [1.29, 1.82) is 0 Å². The average molecular weight is 687 g/mol. The van der Waals surface area contributed by atoms with Gasteiger partial charge in [-0.05, 0) is 112 Å². The van der Waals surface area contributed by atoms with Crippen molar-refractivity contribution in [2.24, 2.45) is 17.1 Å². The molecular formula is C38H40F2N4O6. The first-order valence-electron chi connectivity index (χ1n) is 16.8. The summed E-state index contributed by atoms with van der Waals surface area (Å²) in [4.78, 5) is 43.6. The van der Waals surface area contributed by atoms with Gasteiger partial charge < -0.3 is 25.3 Å². The number of aryl methyl sites for hydroxylation is 1. The number of halogens is 2. The highest BCUT2D eigenvalue weighted by Crippen LogP contribution is 2.48. The number of carbonyl (C=O) groups is 3. The van der Waals surface area contributed by atoms with Gasteiger partial charge >= 0.3 is 0 Å². The van der Waals surface area contributed by atoms with Gasteiger partial charge in [0.25, 0.3) is 0 Å². The smallest absolute Gasteiger partial charge is 0.238 e. The van der Waals surface area contributed by atoms with Crippen LogP contribution >= 0.6 is 0 Å². The minimum absolute atomic E-state index is 0.0349. The van der Waals surface area contributed by atoms with Crippen LogP contribution in [0.3, 0.4) is 0 Å². The number of nitrogens with zero attached hydrogens (tertiary/aromatic N) is 2. The molecule has 1 aliphatic carbocycles. The summed E-state index contributed by atoms with van der Waals surface area (Å²) in [5, 5.41) is 3.34. The highest BCUT2D eigenvalue weighted by Gasteiger charge is 2.55.